The third-order valence-electron chi connectivity index (χ3n) is 2.64. The third kappa shape index (κ3) is 3.23. The van der Waals surface area contributed by atoms with Crippen LogP contribution in [0.2, 0.25) is 0 Å². The van der Waals surface area contributed by atoms with Crippen LogP contribution < -0.4 is 0 Å². The van der Waals surface area contributed by atoms with Gasteiger partial charge in [0.1, 0.15) is 4.90 Å². The standard InChI is InChI=1S/C11H17N5O3S/c1-8(2)4-11-14-10(15-19-11)7-16(3)20(17,18)9-5-12-13-6-9/h5-6,8H,4,7H2,1-3H3,(H,12,13). The van der Waals surface area contributed by atoms with Crippen LogP contribution in [-0.2, 0) is 23.0 Å². The highest BCUT2D eigenvalue weighted by Crippen LogP contribution is 2.14. The first-order chi connectivity index (χ1) is 9.39. The molecule has 2 rings (SSSR count). The maximum absolute atomic E-state index is 12.2. The molecule has 0 aliphatic carbocycles. The Balaban J connectivity index is 2.08. The van der Waals surface area contributed by atoms with E-state index in [1.54, 1.807) is 0 Å². The van der Waals surface area contributed by atoms with Crippen molar-refractivity contribution in [3.8, 4) is 0 Å². The van der Waals surface area contributed by atoms with E-state index in [1.165, 1.54) is 19.4 Å². The summed E-state index contributed by atoms with van der Waals surface area (Å²) >= 11 is 0. The average Bonchev–Trinajstić information content (AvgIpc) is 2.99. The van der Waals surface area contributed by atoms with Crippen LogP contribution in [0.15, 0.2) is 21.8 Å². The van der Waals surface area contributed by atoms with Crippen molar-refractivity contribution in [3.05, 3.63) is 24.1 Å². The van der Waals surface area contributed by atoms with Crippen LogP contribution in [0.4, 0.5) is 0 Å². The van der Waals surface area contributed by atoms with E-state index in [9.17, 15) is 8.42 Å². The molecular formula is C11H17N5O3S. The predicted molar refractivity (Wildman–Crippen MR) is 70.1 cm³/mol. The van der Waals surface area contributed by atoms with Crippen LogP contribution >= 0.6 is 0 Å². The fourth-order valence-corrected chi connectivity index (χ4v) is 2.66. The Morgan fingerprint density at radius 2 is 2.20 bits per heavy atom. The van der Waals surface area contributed by atoms with Gasteiger partial charge in [-0.25, -0.2) is 8.42 Å². The van der Waals surface area contributed by atoms with Crippen LogP contribution in [0.5, 0.6) is 0 Å². The van der Waals surface area contributed by atoms with E-state index in [0.29, 0.717) is 24.1 Å². The van der Waals surface area contributed by atoms with Gasteiger partial charge in [0, 0.05) is 19.7 Å². The Morgan fingerprint density at radius 1 is 1.45 bits per heavy atom. The lowest BCUT2D eigenvalue weighted by Crippen LogP contribution is -2.26. The Bertz CT molecular complexity index is 647. The largest absolute Gasteiger partial charge is 0.339 e. The second-order valence-electron chi connectivity index (χ2n) is 4.90. The van der Waals surface area contributed by atoms with Crippen molar-refractivity contribution < 1.29 is 12.9 Å². The summed E-state index contributed by atoms with van der Waals surface area (Å²) in [5.74, 6) is 1.26. The van der Waals surface area contributed by atoms with E-state index in [1.807, 2.05) is 13.8 Å². The van der Waals surface area contributed by atoms with Gasteiger partial charge in [-0.3, -0.25) is 5.10 Å². The number of nitrogens with one attached hydrogen (secondary N) is 1. The second kappa shape index (κ2) is 5.71. The molecule has 0 fully saturated rings. The predicted octanol–water partition coefficient (Wildman–Crippen LogP) is 0.812. The van der Waals surface area contributed by atoms with Gasteiger partial charge in [-0.05, 0) is 5.92 Å². The zero-order valence-electron chi connectivity index (χ0n) is 11.6. The van der Waals surface area contributed by atoms with Crippen molar-refractivity contribution in [2.45, 2.75) is 31.7 Å². The van der Waals surface area contributed by atoms with Crippen LogP contribution in [0, 0.1) is 5.92 Å². The van der Waals surface area contributed by atoms with Crippen molar-refractivity contribution in [1.82, 2.24) is 24.6 Å². The third-order valence-corrected chi connectivity index (χ3v) is 4.41. The molecule has 20 heavy (non-hydrogen) atoms. The molecule has 0 aromatic carbocycles. The normalized spacial score (nSPS) is 12.4. The molecule has 0 amide bonds. The molecule has 0 unspecified atom stereocenters. The highest BCUT2D eigenvalue weighted by molar-refractivity contribution is 7.89. The first-order valence-electron chi connectivity index (χ1n) is 6.16. The molecule has 0 bridgehead atoms. The number of hydrogen-bond acceptors (Lipinski definition) is 6. The number of aromatic nitrogens is 4. The van der Waals surface area contributed by atoms with Gasteiger partial charge < -0.3 is 4.52 Å². The molecule has 0 aliphatic rings. The summed E-state index contributed by atoms with van der Waals surface area (Å²) in [4.78, 5) is 4.28. The molecule has 0 saturated carbocycles. The lowest BCUT2D eigenvalue weighted by Gasteiger charge is -2.13. The number of hydrogen-bond donors (Lipinski definition) is 1. The molecule has 0 saturated heterocycles. The zero-order valence-corrected chi connectivity index (χ0v) is 12.4. The lowest BCUT2D eigenvalue weighted by molar-refractivity contribution is 0.353. The first kappa shape index (κ1) is 14.7. The molecule has 0 radical (unpaired) electrons. The maximum Gasteiger partial charge on any atom is 0.246 e. The van der Waals surface area contributed by atoms with E-state index in [0.717, 1.165) is 4.31 Å². The number of H-pyrrole nitrogens is 1. The van der Waals surface area contributed by atoms with Gasteiger partial charge in [0.05, 0.1) is 12.7 Å². The molecule has 2 heterocycles. The summed E-state index contributed by atoms with van der Waals surface area (Å²) in [7, 11) is -2.13. The summed E-state index contributed by atoms with van der Waals surface area (Å²) in [5.41, 5.74) is 0. The smallest absolute Gasteiger partial charge is 0.246 e. The summed E-state index contributed by atoms with van der Waals surface area (Å²) < 4.78 is 30.6. The number of nitrogens with zero attached hydrogens (tertiary/aromatic N) is 4. The summed E-state index contributed by atoms with van der Waals surface area (Å²) in [6, 6.07) is 0. The van der Waals surface area contributed by atoms with E-state index in [2.05, 4.69) is 20.3 Å². The molecule has 0 spiro atoms. The Hall–Kier alpha value is -1.74. The molecule has 2 aromatic heterocycles. The Kier molecular flexibility index (Phi) is 4.19. The number of aromatic amines is 1. The van der Waals surface area contributed by atoms with Gasteiger partial charge in [0.15, 0.2) is 5.82 Å². The quantitative estimate of drug-likeness (QED) is 0.846. The molecular weight excluding hydrogens is 282 g/mol. The molecule has 2 aromatic rings. The van der Waals surface area contributed by atoms with Crippen molar-refractivity contribution >= 4 is 10.0 Å². The minimum absolute atomic E-state index is 0.0507. The van der Waals surface area contributed by atoms with E-state index < -0.39 is 10.0 Å². The molecule has 8 nitrogen and oxygen atoms in total. The van der Waals surface area contributed by atoms with Crippen molar-refractivity contribution in [2.75, 3.05) is 7.05 Å². The van der Waals surface area contributed by atoms with Gasteiger partial charge >= 0.3 is 0 Å². The SMILES string of the molecule is CC(C)Cc1nc(CN(C)S(=O)(=O)c2cn[nH]c2)no1. The average molecular weight is 299 g/mol. The zero-order chi connectivity index (χ0) is 14.8. The maximum atomic E-state index is 12.2. The summed E-state index contributed by atoms with van der Waals surface area (Å²) in [6.07, 6.45) is 3.25. The topological polar surface area (TPSA) is 105 Å². The van der Waals surface area contributed by atoms with Crippen molar-refractivity contribution in [2.24, 2.45) is 5.92 Å². The van der Waals surface area contributed by atoms with Crippen LogP contribution in [0.3, 0.4) is 0 Å². The van der Waals surface area contributed by atoms with Crippen LogP contribution in [0.1, 0.15) is 25.6 Å². The summed E-state index contributed by atoms with van der Waals surface area (Å²) in [5, 5.41) is 9.90. The highest BCUT2D eigenvalue weighted by Gasteiger charge is 2.23. The molecule has 1 N–H and O–H groups in total. The van der Waals surface area contributed by atoms with Gasteiger partial charge in [-0.1, -0.05) is 19.0 Å². The molecule has 110 valence electrons. The van der Waals surface area contributed by atoms with E-state index in [4.69, 9.17) is 4.52 Å². The number of sulfonamides is 1. The Labute approximate surface area is 117 Å². The van der Waals surface area contributed by atoms with E-state index in [-0.39, 0.29) is 11.4 Å². The minimum Gasteiger partial charge on any atom is -0.339 e. The van der Waals surface area contributed by atoms with Gasteiger partial charge in [0.25, 0.3) is 0 Å². The highest BCUT2D eigenvalue weighted by atomic mass is 32.2. The van der Waals surface area contributed by atoms with Crippen LogP contribution in [0.25, 0.3) is 0 Å². The summed E-state index contributed by atoms with van der Waals surface area (Å²) in [6.45, 7) is 4.13. The lowest BCUT2D eigenvalue weighted by atomic mass is 10.1. The van der Waals surface area contributed by atoms with Gasteiger partial charge in [-0.2, -0.15) is 14.4 Å². The fraction of sp³-hybridized carbons (Fsp3) is 0.545. The van der Waals surface area contributed by atoms with Gasteiger partial charge in [-0.15, -0.1) is 0 Å². The van der Waals surface area contributed by atoms with Gasteiger partial charge in [0.2, 0.25) is 15.9 Å². The van der Waals surface area contributed by atoms with Crippen molar-refractivity contribution in [3.63, 3.8) is 0 Å². The monoisotopic (exact) mass is 299 g/mol. The van der Waals surface area contributed by atoms with E-state index >= 15 is 0 Å². The minimum atomic E-state index is -3.59. The molecule has 0 atom stereocenters. The van der Waals surface area contributed by atoms with Crippen molar-refractivity contribution in [1.29, 1.82) is 0 Å². The first-order valence-corrected chi connectivity index (χ1v) is 7.60. The van der Waals surface area contributed by atoms with Crippen LogP contribution in [-0.4, -0.2) is 40.1 Å². The second-order valence-corrected chi connectivity index (χ2v) is 6.94. The molecule has 0 aliphatic heterocycles. The molecule has 9 heteroatoms. The Morgan fingerprint density at radius 3 is 2.80 bits per heavy atom. The number of rotatable bonds is 6. The fourth-order valence-electron chi connectivity index (χ4n) is 1.63.